The molecule has 1 saturated carbocycles. The Morgan fingerprint density at radius 2 is 1.78 bits per heavy atom. The number of aromatic nitrogens is 2. The molecule has 2 atom stereocenters. The Hall–Kier alpha value is -3.60. The fourth-order valence-electron chi connectivity index (χ4n) is 5.37. The number of ether oxygens (including phenoxy) is 2. The van der Waals surface area contributed by atoms with Gasteiger partial charge in [-0.2, -0.15) is 5.10 Å². The largest absolute Gasteiger partial charge is 0.491 e. The van der Waals surface area contributed by atoms with Gasteiger partial charge in [-0.05, 0) is 73.7 Å². The van der Waals surface area contributed by atoms with E-state index in [0.717, 1.165) is 19.2 Å². The summed E-state index contributed by atoms with van der Waals surface area (Å²) in [6.07, 6.45) is 3.80. The van der Waals surface area contributed by atoms with Crippen molar-refractivity contribution in [3.8, 4) is 11.4 Å². The van der Waals surface area contributed by atoms with Crippen molar-refractivity contribution in [3.63, 3.8) is 0 Å². The molecule has 0 spiro atoms. The lowest BCUT2D eigenvalue weighted by molar-refractivity contribution is -0.151. The molecule has 194 valence electrons. The van der Waals surface area contributed by atoms with Crippen molar-refractivity contribution in [2.75, 3.05) is 14.2 Å². The van der Waals surface area contributed by atoms with E-state index in [-0.39, 0.29) is 31.5 Å². The van der Waals surface area contributed by atoms with Gasteiger partial charge in [0.25, 0.3) is 0 Å². The summed E-state index contributed by atoms with van der Waals surface area (Å²) in [5, 5.41) is 3.33. The molecule has 5 rings (SSSR count). The van der Waals surface area contributed by atoms with E-state index in [1.165, 1.54) is 19.2 Å². The van der Waals surface area contributed by atoms with Crippen molar-refractivity contribution < 1.29 is 35.9 Å². The lowest BCUT2D eigenvalue weighted by Gasteiger charge is -2.42. The van der Waals surface area contributed by atoms with Gasteiger partial charge in [-0.25, -0.2) is 26.3 Å². The van der Waals surface area contributed by atoms with E-state index in [4.69, 9.17) is 4.74 Å². The highest BCUT2D eigenvalue weighted by molar-refractivity contribution is 7.92. The highest BCUT2D eigenvalue weighted by Gasteiger charge is 2.52. The number of carbonyl (C=O) groups is 1. The molecule has 37 heavy (non-hydrogen) atoms. The molecule has 2 aliphatic rings. The molecule has 7 nitrogen and oxygen atoms in total. The third-order valence-electron chi connectivity index (χ3n) is 7.21. The van der Waals surface area contributed by atoms with Crippen LogP contribution in [0.1, 0.15) is 30.5 Å². The van der Waals surface area contributed by atoms with Crippen LogP contribution in [0.25, 0.3) is 11.8 Å². The smallest absolute Gasteiger partial charge is 0.316 e. The van der Waals surface area contributed by atoms with Crippen LogP contribution in [0.4, 0.5) is 13.2 Å². The van der Waals surface area contributed by atoms with Crippen molar-refractivity contribution in [2.24, 2.45) is 5.41 Å². The molecule has 1 heterocycles. The minimum Gasteiger partial charge on any atom is -0.491 e. The average molecular weight is 533 g/mol. The van der Waals surface area contributed by atoms with Crippen LogP contribution < -0.4 is 4.74 Å². The second-order valence-corrected chi connectivity index (χ2v) is 11.4. The summed E-state index contributed by atoms with van der Waals surface area (Å²) in [5.74, 6) is -3.90. The van der Waals surface area contributed by atoms with E-state index < -0.39 is 48.8 Å². The number of benzene rings is 2. The van der Waals surface area contributed by atoms with E-state index in [1.54, 1.807) is 23.0 Å². The Kier molecular flexibility index (Phi) is 6.13. The molecular weight excluding hydrogens is 509 g/mol. The van der Waals surface area contributed by atoms with E-state index in [2.05, 4.69) is 9.84 Å². The van der Waals surface area contributed by atoms with Crippen LogP contribution in [0, 0.1) is 22.9 Å². The van der Waals surface area contributed by atoms with Crippen LogP contribution in [0.3, 0.4) is 0 Å². The first kappa shape index (κ1) is 25.1. The Balaban J connectivity index is 1.54. The van der Waals surface area contributed by atoms with Gasteiger partial charge in [0.1, 0.15) is 5.82 Å². The van der Waals surface area contributed by atoms with Gasteiger partial charge < -0.3 is 9.47 Å². The standard InChI is InChI=1S/C26H23F3N2O5S/c1-35-24-21(28)10-20(11-22(24)29)37(33,34)19-8-3-16-9-23-15(12-26(16,13-19)25(32)36-2)14-30-31(23)18-6-4-17(27)5-7-18/h4-7,9-11,14,19H,3,8,12-13H2,1-2H3/t19?,26-/m0/s1. The van der Waals surface area contributed by atoms with Crippen molar-refractivity contribution in [1.29, 1.82) is 0 Å². The number of methoxy groups -OCH3 is 2. The molecule has 0 N–H and O–H groups in total. The summed E-state index contributed by atoms with van der Waals surface area (Å²) in [5.41, 5.74) is 1.44. The number of halogens is 3. The van der Waals surface area contributed by atoms with Crippen LogP contribution >= 0.6 is 0 Å². The minimum atomic E-state index is -4.21. The van der Waals surface area contributed by atoms with Gasteiger partial charge in [-0.3, -0.25) is 4.79 Å². The number of sulfone groups is 1. The molecule has 3 aromatic rings. The number of hydrogen-bond acceptors (Lipinski definition) is 6. The van der Waals surface area contributed by atoms with Gasteiger partial charge in [0.2, 0.25) is 0 Å². The molecule has 1 fully saturated rings. The Morgan fingerprint density at radius 3 is 2.41 bits per heavy atom. The van der Waals surface area contributed by atoms with Crippen LogP contribution in [0.5, 0.6) is 5.75 Å². The number of nitrogens with zero attached hydrogens (tertiary/aromatic N) is 2. The van der Waals surface area contributed by atoms with E-state index >= 15 is 0 Å². The fraction of sp³-hybridized carbons (Fsp3) is 0.308. The average Bonchev–Trinajstić information content (AvgIpc) is 3.28. The molecular formula is C26H23F3N2O5S. The van der Waals surface area contributed by atoms with Gasteiger partial charge in [-0.15, -0.1) is 0 Å². The molecule has 0 saturated heterocycles. The first-order valence-electron chi connectivity index (χ1n) is 11.5. The van der Waals surface area contributed by atoms with Crippen molar-refractivity contribution in [2.45, 2.75) is 35.8 Å². The molecule has 0 amide bonds. The summed E-state index contributed by atoms with van der Waals surface area (Å²) in [4.78, 5) is 12.7. The van der Waals surface area contributed by atoms with Crippen LogP contribution in [0.2, 0.25) is 0 Å². The summed E-state index contributed by atoms with van der Waals surface area (Å²) < 4.78 is 80.4. The first-order chi connectivity index (χ1) is 17.6. The zero-order chi connectivity index (χ0) is 26.5. The van der Waals surface area contributed by atoms with Gasteiger partial charge in [0.15, 0.2) is 27.2 Å². The van der Waals surface area contributed by atoms with Crippen LogP contribution in [-0.4, -0.2) is 43.6 Å². The number of rotatable bonds is 5. The fourth-order valence-corrected chi connectivity index (χ4v) is 7.22. The third-order valence-corrected chi connectivity index (χ3v) is 9.38. The zero-order valence-electron chi connectivity index (χ0n) is 20.0. The number of fused-ring (bicyclic) bond motifs is 2. The summed E-state index contributed by atoms with van der Waals surface area (Å²) in [6.45, 7) is 0. The van der Waals surface area contributed by atoms with E-state index in [9.17, 15) is 26.4 Å². The van der Waals surface area contributed by atoms with Crippen LogP contribution in [0.15, 0.2) is 53.1 Å². The first-order valence-corrected chi connectivity index (χ1v) is 13.0. The quantitative estimate of drug-likeness (QED) is 0.452. The van der Waals surface area contributed by atoms with Crippen molar-refractivity contribution >= 4 is 21.9 Å². The zero-order valence-corrected chi connectivity index (χ0v) is 20.8. The van der Waals surface area contributed by atoms with Gasteiger partial charge in [0.05, 0.1) is 47.4 Å². The molecule has 0 radical (unpaired) electrons. The van der Waals surface area contributed by atoms with Crippen molar-refractivity contribution in [1.82, 2.24) is 9.78 Å². The predicted molar refractivity (Wildman–Crippen MR) is 127 cm³/mol. The van der Waals surface area contributed by atoms with E-state index in [1.807, 2.05) is 6.08 Å². The second-order valence-electron chi connectivity index (χ2n) is 9.19. The maximum Gasteiger partial charge on any atom is 0.316 e. The maximum absolute atomic E-state index is 14.3. The molecule has 2 aromatic carbocycles. The molecule has 1 unspecified atom stereocenters. The predicted octanol–water partition coefficient (Wildman–Crippen LogP) is 4.42. The Morgan fingerprint density at radius 1 is 1.11 bits per heavy atom. The topological polar surface area (TPSA) is 87.5 Å². The molecule has 11 heteroatoms. The summed E-state index contributed by atoms with van der Waals surface area (Å²) in [6, 6.07) is 7.27. The lowest BCUT2D eigenvalue weighted by Crippen LogP contribution is -2.46. The number of hydrogen-bond donors (Lipinski definition) is 0. The number of esters is 1. The van der Waals surface area contributed by atoms with Crippen molar-refractivity contribution in [3.05, 3.63) is 76.9 Å². The molecule has 0 aliphatic heterocycles. The van der Waals surface area contributed by atoms with Gasteiger partial charge in [-0.1, -0.05) is 5.57 Å². The SMILES string of the molecule is COC(=O)[C@]12Cc3cnn(-c4ccc(F)cc4)c3C=C1CCC(S(=O)(=O)c1cc(F)c(OC)c(F)c1)C2. The minimum absolute atomic E-state index is 0.121. The summed E-state index contributed by atoms with van der Waals surface area (Å²) >= 11 is 0. The molecule has 1 aromatic heterocycles. The van der Waals surface area contributed by atoms with E-state index in [0.29, 0.717) is 22.5 Å². The Labute approximate surface area is 211 Å². The highest BCUT2D eigenvalue weighted by atomic mass is 32.2. The summed E-state index contributed by atoms with van der Waals surface area (Å²) in [7, 11) is -1.89. The van der Waals surface area contributed by atoms with Crippen LogP contribution in [-0.2, 0) is 25.8 Å². The lowest BCUT2D eigenvalue weighted by atomic mass is 9.64. The normalized spacial score (nSPS) is 21.0. The highest BCUT2D eigenvalue weighted by Crippen LogP contribution is 2.51. The maximum atomic E-state index is 14.3. The number of carbonyl (C=O) groups excluding carboxylic acids is 1. The van der Waals surface area contributed by atoms with Gasteiger partial charge in [0, 0.05) is 0 Å². The Bertz CT molecular complexity index is 1510. The molecule has 0 bridgehead atoms. The third kappa shape index (κ3) is 4.01. The second kappa shape index (κ2) is 9.05. The molecule has 2 aliphatic carbocycles. The van der Waals surface area contributed by atoms with Gasteiger partial charge >= 0.3 is 5.97 Å². The monoisotopic (exact) mass is 532 g/mol.